The Bertz CT molecular complexity index is 431. The smallest absolute Gasteiger partial charge is 0.165 e. The minimum Gasteiger partial charge on any atom is -0.487 e. The van der Waals surface area contributed by atoms with E-state index in [1.807, 2.05) is 0 Å². The van der Waals surface area contributed by atoms with E-state index in [0.717, 1.165) is 25.2 Å². The Hall–Kier alpha value is -1.09. The third kappa shape index (κ3) is 3.47. The quantitative estimate of drug-likeness (QED) is 0.893. The van der Waals surface area contributed by atoms with Crippen LogP contribution >= 0.6 is 0 Å². The second kappa shape index (κ2) is 5.91. The maximum absolute atomic E-state index is 13.9. The molecule has 1 aliphatic rings. The molecule has 0 saturated heterocycles. The summed E-state index contributed by atoms with van der Waals surface area (Å²) in [7, 11) is 0. The van der Waals surface area contributed by atoms with Crippen LogP contribution in [0.3, 0.4) is 0 Å². The van der Waals surface area contributed by atoms with E-state index < -0.39 is 6.10 Å². The van der Waals surface area contributed by atoms with Gasteiger partial charge in [-0.05, 0) is 55.7 Å². The van der Waals surface area contributed by atoms with Crippen LogP contribution in [-0.4, -0.2) is 11.2 Å². The van der Waals surface area contributed by atoms with E-state index in [1.165, 1.54) is 6.07 Å². The Morgan fingerprint density at radius 3 is 2.58 bits per heavy atom. The monoisotopic (exact) mass is 266 g/mol. The molecule has 0 aliphatic heterocycles. The fourth-order valence-corrected chi connectivity index (χ4v) is 2.66. The Balaban J connectivity index is 2.03. The van der Waals surface area contributed by atoms with Crippen LogP contribution in [0.1, 0.15) is 51.7 Å². The van der Waals surface area contributed by atoms with Crippen molar-refractivity contribution in [2.45, 2.75) is 52.2 Å². The number of ether oxygens (including phenoxy) is 1. The van der Waals surface area contributed by atoms with E-state index in [2.05, 4.69) is 13.8 Å². The predicted molar refractivity (Wildman–Crippen MR) is 73.6 cm³/mol. The fourth-order valence-electron chi connectivity index (χ4n) is 2.66. The minimum absolute atomic E-state index is 0.109. The molecule has 1 saturated carbocycles. The lowest BCUT2D eigenvalue weighted by atomic mass is 9.80. The highest BCUT2D eigenvalue weighted by Gasteiger charge is 2.26. The summed E-state index contributed by atoms with van der Waals surface area (Å²) in [6.07, 6.45) is 2.57. The van der Waals surface area contributed by atoms with Gasteiger partial charge in [0.25, 0.3) is 0 Å². The molecular formula is C16H23FO2. The first-order chi connectivity index (χ1) is 8.97. The van der Waals surface area contributed by atoms with Gasteiger partial charge in [-0.15, -0.1) is 0 Å². The zero-order valence-corrected chi connectivity index (χ0v) is 11.9. The van der Waals surface area contributed by atoms with Crippen LogP contribution in [0.2, 0.25) is 0 Å². The Morgan fingerprint density at radius 1 is 1.26 bits per heavy atom. The lowest BCUT2D eigenvalue weighted by molar-refractivity contribution is 0.0966. The molecule has 1 aromatic carbocycles. The zero-order valence-electron chi connectivity index (χ0n) is 11.9. The predicted octanol–water partition coefficient (Wildman–Crippen LogP) is 4.08. The third-order valence-electron chi connectivity index (χ3n) is 4.28. The Labute approximate surface area is 114 Å². The van der Waals surface area contributed by atoms with Crippen LogP contribution in [0.15, 0.2) is 18.2 Å². The SMILES string of the molecule is CC1CCC(Oc2ccc([C@H](C)O)cc2F)CC1C. The van der Waals surface area contributed by atoms with Crippen LogP contribution in [-0.2, 0) is 0 Å². The van der Waals surface area contributed by atoms with E-state index in [9.17, 15) is 9.50 Å². The van der Waals surface area contributed by atoms with E-state index in [-0.39, 0.29) is 11.9 Å². The van der Waals surface area contributed by atoms with Crippen molar-refractivity contribution in [1.82, 2.24) is 0 Å². The van der Waals surface area contributed by atoms with Crippen molar-refractivity contribution in [3.63, 3.8) is 0 Å². The van der Waals surface area contributed by atoms with Gasteiger partial charge in [0.05, 0.1) is 12.2 Å². The summed E-state index contributed by atoms with van der Waals surface area (Å²) in [5.41, 5.74) is 0.579. The molecule has 1 N–H and O–H groups in total. The molecule has 0 amide bonds. The summed E-state index contributed by atoms with van der Waals surface area (Å²) >= 11 is 0. The van der Waals surface area contributed by atoms with Crippen molar-refractivity contribution < 1.29 is 14.2 Å². The van der Waals surface area contributed by atoms with Gasteiger partial charge in [-0.2, -0.15) is 0 Å². The molecule has 2 nitrogen and oxygen atoms in total. The third-order valence-corrected chi connectivity index (χ3v) is 4.28. The largest absolute Gasteiger partial charge is 0.487 e. The molecule has 19 heavy (non-hydrogen) atoms. The summed E-state index contributed by atoms with van der Waals surface area (Å²) in [4.78, 5) is 0. The average molecular weight is 266 g/mol. The highest BCUT2D eigenvalue weighted by atomic mass is 19.1. The van der Waals surface area contributed by atoms with Gasteiger partial charge in [-0.3, -0.25) is 0 Å². The van der Waals surface area contributed by atoms with Gasteiger partial charge in [0.15, 0.2) is 11.6 Å². The van der Waals surface area contributed by atoms with Crippen molar-refractivity contribution >= 4 is 0 Å². The maximum atomic E-state index is 13.9. The van der Waals surface area contributed by atoms with E-state index in [0.29, 0.717) is 17.2 Å². The molecule has 3 heteroatoms. The minimum atomic E-state index is -0.654. The van der Waals surface area contributed by atoms with E-state index >= 15 is 0 Å². The lowest BCUT2D eigenvalue weighted by Crippen LogP contribution is -2.29. The molecule has 4 atom stereocenters. The van der Waals surface area contributed by atoms with Crippen LogP contribution in [0, 0.1) is 17.7 Å². The van der Waals surface area contributed by atoms with Crippen LogP contribution in [0.4, 0.5) is 4.39 Å². The Morgan fingerprint density at radius 2 is 2.00 bits per heavy atom. The molecule has 1 aliphatic carbocycles. The summed E-state index contributed by atoms with van der Waals surface area (Å²) in [5.74, 6) is 1.27. The number of benzene rings is 1. The first kappa shape index (κ1) is 14.3. The van der Waals surface area contributed by atoms with Gasteiger partial charge < -0.3 is 9.84 Å². The van der Waals surface area contributed by atoms with Gasteiger partial charge in [0, 0.05) is 0 Å². The van der Waals surface area contributed by atoms with E-state index in [4.69, 9.17) is 4.74 Å². The lowest BCUT2D eigenvalue weighted by Gasteiger charge is -2.32. The topological polar surface area (TPSA) is 29.5 Å². The highest BCUT2D eigenvalue weighted by Crippen LogP contribution is 2.32. The van der Waals surface area contributed by atoms with Crippen LogP contribution in [0.25, 0.3) is 0 Å². The standard InChI is InChI=1S/C16H23FO2/c1-10-4-6-14(8-11(10)2)19-16-7-5-13(12(3)18)9-15(16)17/h5,7,9-12,14,18H,4,6,8H2,1-3H3/t10?,11?,12-,14?/m0/s1. The van der Waals surface area contributed by atoms with Gasteiger partial charge in [0.2, 0.25) is 0 Å². The van der Waals surface area contributed by atoms with Gasteiger partial charge >= 0.3 is 0 Å². The molecule has 2 rings (SSSR count). The molecule has 1 fully saturated rings. The summed E-state index contributed by atoms with van der Waals surface area (Å²) in [6, 6.07) is 4.70. The molecular weight excluding hydrogens is 243 g/mol. The van der Waals surface area contributed by atoms with Gasteiger partial charge in [-0.1, -0.05) is 19.9 Å². The molecule has 1 aromatic rings. The fraction of sp³-hybridized carbons (Fsp3) is 0.625. The molecule has 3 unspecified atom stereocenters. The normalized spacial score (nSPS) is 29.0. The van der Waals surface area contributed by atoms with Crippen molar-refractivity contribution in [1.29, 1.82) is 0 Å². The number of rotatable bonds is 3. The number of hydrogen-bond donors (Lipinski definition) is 1. The molecule has 0 aromatic heterocycles. The molecule has 0 bridgehead atoms. The van der Waals surface area contributed by atoms with Gasteiger partial charge in [-0.25, -0.2) is 4.39 Å². The summed E-state index contributed by atoms with van der Waals surface area (Å²) in [6.45, 7) is 6.12. The first-order valence-corrected chi connectivity index (χ1v) is 7.11. The highest BCUT2D eigenvalue weighted by molar-refractivity contribution is 5.30. The number of halogens is 1. The van der Waals surface area contributed by atoms with E-state index in [1.54, 1.807) is 19.1 Å². The summed E-state index contributed by atoms with van der Waals surface area (Å²) < 4.78 is 19.7. The average Bonchev–Trinajstić information content (AvgIpc) is 2.36. The molecule has 0 heterocycles. The molecule has 0 spiro atoms. The second-order valence-corrected chi connectivity index (χ2v) is 5.87. The van der Waals surface area contributed by atoms with Crippen molar-refractivity contribution in [2.75, 3.05) is 0 Å². The second-order valence-electron chi connectivity index (χ2n) is 5.87. The van der Waals surface area contributed by atoms with Crippen LogP contribution < -0.4 is 4.74 Å². The van der Waals surface area contributed by atoms with Gasteiger partial charge in [0.1, 0.15) is 0 Å². The number of aliphatic hydroxyl groups is 1. The van der Waals surface area contributed by atoms with Crippen LogP contribution in [0.5, 0.6) is 5.75 Å². The maximum Gasteiger partial charge on any atom is 0.165 e. The molecule has 0 radical (unpaired) electrons. The number of hydrogen-bond acceptors (Lipinski definition) is 2. The molecule has 106 valence electrons. The zero-order chi connectivity index (χ0) is 14.0. The van der Waals surface area contributed by atoms with Crippen molar-refractivity contribution in [3.05, 3.63) is 29.6 Å². The first-order valence-electron chi connectivity index (χ1n) is 7.11. The van der Waals surface area contributed by atoms with Crippen molar-refractivity contribution in [2.24, 2.45) is 11.8 Å². The number of aliphatic hydroxyl groups excluding tert-OH is 1. The van der Waals surface area contributed by atoms with Crippen molar-refractivity contribution in [3.8, 4) is 5.75 Å². The Kier molecular flexibility index (Phi) is 4.46. The summed E-state index contributed by atoms with van der Waals surface area (Å²) in [5, 5.41) is 9.42.